The summed E-state index contributed by atoms with van der Waals surface area (Å²) in [6.07, 6.45) is -0.0333. The van der Waals surface area contributed by atoms with Crippen molar-refractivity contribution in [3.8, 4) is 22.6 Å². The van der Waals surface area contributed by atoms with E-state index in [4.69, 9.17) is 14.2 Å². The molecule has 4 rings (SSSR count). The molecule has 166 valence electrons. The van der Waals surface area contributed by atoms with Gasteiger partial charge in [0.25, 0.3) is 0 Å². The van der Waals surface area contributed by atoms with Crippen molar-refractivity contribution in [3.05, 3.63) is 54.2 Å². The molecule has 2 aromatic carbocycles. The topological polar surface area (TPSA) is 104 Å². The van der Waals surface area contributed by atoms with Gasteiger partial charge >= 0.3 is 0 Å². The Kier molecular flexibility index (Phi) is 6.09. The molecule has 3 aromatic rings. The number of nitrogens with zero attached hydrogens (tertiary/aromatic N) is 2. The zero-order valence-electron chi connectivity index (χ0n) is 18.0. The van der Waals surface area contributed by atoms with Gasteiger partial charge in [-0.25, -0.2) is 4.68 Å². The molecule has 0 fully saturated rings. The number of carbonyl (C=O) groups is 2. The lowest BCUT2D eigenvalue weighted by Gasteiger charge is -2.24. The number of hydrogen-bond acceptors (Lipinski definition) is 6. The number of benzene rings is 2. The Morgan fingerprint density at radius 3 is 2.56 bits per heavy atom. The fourth-order valence-electron chi connectivity index (χ4n) is 3.76. The highest BCUT2D eigenvalue weighted by atomic mass is 16.5. The summed E-state index contributed by atoms with van der Waals surface area (Å²) in [6, 6.07) is 13.8. The number of fused-ring (bicyclic) bond motifs is 1. The average Bonchev–Trinajstić information content (AvgIpc) is 3.16. The van der Waals surface area contributed by atoms with Crippen LogP contribution in [0.2, 0.25) is 0 Å². The summed E-state index contributed by atoms with van der Waals surface area (Å²) in [5.74, 6) is 0.895. The molecule has 1 aliphatic rings. The maximum Gasteiger partial charge on any atom is 0.249 e. The van der Waals surface area contributed by atoms with Crippen LogP contribution in [-0.4, -0.2) is 42.9 Å². The lowest BCUT2D eigenvalue weighted by Crippen LogP contribution is -2.35. The summed E-state index contributed by atoms with van der Waals surface area (Å²) in [7, 11) is 4.64. The molecule has 2 N–H and O–H groups in total. The fraction of sp³-hybridized carbons (Fsp3) is 0.261. The molecule has 0 spiro atoms. The van der Waals surface area contributed by atoms with Crippen molar-refractivity contribution < 1.29 is 23.8 Å². The van der Waals surface area contributed by atoms with Gasteiger partial charge in [0.15, 0.2) is 11.5 Å². The van der Waals surface area contributed by atoms with Gasteiger partial charge in [0, 0.05) is 24.4 Å². The lowest BCUT2D eigenvalue weighted by molar-refractivity contribution is -0.125. The van der Waals surface area contributed by atoms with Gasteiger partial charge in [-0.1, -0.05) is 30.3 Å². The molecular formula is C23H24N4O5. The number of nitrogens with one attached hydrogen (secondary N) is 2. The normalized spacial score (nSPS) is 15.0. The van der Waals surface area contributed by atoms with Crippen LogP contribution in [0.3, 0.4) is 0 Å². The number of anilines is 2. The van der Waals surface area contributed by atoms with Crippen LogP contribution < -0.4 is 20.1 Å². The van der Waals surface area contributed by atoms with Gasteiger partial charge in [-0.3, -0.25) is 9.59 Å². The Bertz CT molecular complexity index is 1140. The zero-order valence-corrected chi connectivity index (χ0v) is 18.0. The summed E-state index contributed by atoms with van der Waals surface area (Å²) in [4.78, 5) is 25.7. The van der Waals surface area contributed by atoms with Crippen LogP contribution in [0.1, 0.15) is 18.2 Å². The minimum atomic E-state index is -0.820. The molecule has 1 aliphatic heterocycles. The number of carbonyl (C=O) groups excluding carboxylic acids is 2. The Morgan fingerprint density at radius 1 is 1.12 bits per heavy atom. The van der Waals surface area contributed by atoms with Crippen molar-refractivity contribution in [2.24, 2.45) is 0 Å². The first kappa shape index (κ1) is 21.4. The number of rotatable bonds is 7. The SMILES string of the molecule is COCc1nn2c(c1-c1ccccc1)NC(=O)C[C@H]2C(=O)Nc1ccc(OC)c(OC)c1. The number of hydrogen-bond donors (Lipinski definition) is 2. The molecule has 1 atom stereocenters. The Hall–Kier alpha value is -3.85. The van der Waals surface area contributed by atoms with Crippen LogP contribution in [-0.2, 0) is 20.9 Å². The first-order valence-corrected chi connectivity index (χ1v) is 10.0. The van der Waals surface area contributed by atoms with Gasteiger partial charge in [0.2, 0.25) is 11.8 Å². The van der Waals surface area contributed by atoms with Crippen molar-refractivity contribution in [1.82, 2.24) is 9.78 Å². The molecule has 0 bridgehead atoms. The number of ether oxygens (including phenoxy) is 3. The molecule has 0 aliphatic carbocycles. The maximum atomic E-state index is 13.2. The van der Waals surface area contributed by atoms with E-state index in [0.29, 0.717) is 28.7 Å². The van der Waals surface area contributed by atoms with Crippen LogP contribution in [0.25, 0.3) is 11.1 Å². The van der Waals surface area contributed by atoms with Crippen LogP contribution in [0.4, 0.5) is 11.5 Å². The van der Waals surface area contributed by atoms with Gasteiger partial charge in [-0.15, -0.1) is 0 Å². The largest absolute Gasteiger partial charge is 0.493 e. The predicted molar refractivity (Wildman–Crippen MR) is 119 cm³/mol. The number of aromatic nitrogens is 2. The van der Waals surface area contributed by atoms with E-state index in [2.05, 4.69) is 15.7 Å². The van der Waals surface area contributed by atoms with Crippen LogP contribution >= 0.6 is 0 Å². The van der Waals surface area contributed by atoms with Crippen LogP contribution in [0.5, 0.6) is 11.5 Å². The quantitative estimate of drug-likeness (QED) is 0.589. The van der Waals surface area contributed by atoms with E-state index in [1.165, 1.54) is 14.2 Å². The highest BCUT2D eigenvalue weighted by Crippen LogP contribution is 2.38. The minimum Gasteiger partial charge on any atom is -0.493 e. The zero-order chi connectivity index (χ0) is 22.7. The highest BCUT2D eigenvalue weighted by molar-refractivity contribution is 6.03. The second-order valence-electron chi connectivity index (χ2n) is 7.24. The standard InChI is InChI=1S/C23H24N4O5/c1-30-13-16-21(14-7-5-4-6-8-14)22-25-20(28)12-17(27(22)26-16)23(29)24-15-9-10-18(31-2)19(11-15)32-3/h4-11,17H,12-13H2,1-3H3,(H,24,29)(H,25,28)/t17-/m0/s1. The third kappa shape index (κ3) is 4.02. The monoisotopic (exact) mass is 436 g/mol. The molecule has 0 radical (unpaired) electrons. The predicted octanol–water partition coefficient (Wildman–Crippen LogP) is 3.24. The Balaban J connectivity index is 1.70. The van der Waals surface area contributed by atoms with E-state index < -0.39 is 6.04 Å². The van der Waals surface area contributed by atoms with Crippen molar-refractivity contribution in [2.75, 3.05) is 32.0 Å². The molecule has 0 saturated heterocycles. The van der Waals surface area contributed by atoms with Gasteiger partial charge in [-0.05, 0) is 17.7 Å². The number of methoxy groups -OCH3 is 3. The van der Waals surface area contributed by atoms with E-state index in [1.807, 2.05) is 30.3 Å². The van der Waals surface area contributed by atoms with Crippen LogP contribution in [0.15, 0.2) is 48.5 Å². The fourth-order valence-corrected chi connectivity index (χ4v) is 3.76. The summed E-state index contributed by atoms with van der Waals surface area (Å²) < 4.78 is 17.4. The van der Waals surface area contributed by atoms with Gasteiger partial charge < -0.3 is 24.8 Å². The van der Waals surface area contributed by atoms with E-state index in [1.54, 1.807) is 30.0 Å². The molecule has 9 heteroatoms. The molecular weight excluding hydrogens is 412 g/mol. The average molecular weight is 436 g/mol. The number of amides is 2. The second-order valence-corrected chi connectivity index (χ2v) is 7.24. The van der Waals surface area contributed by atoms with E-state index in [9.17, 15) is 9.59 Å². The second kappa shape index (κ2) is 9.11. The van der Waals surface area contributed by atoms with Gasteiger partial charge in [0.05, 0.1) is 32.9 Å². The van der Waals surface area contributed by atoms with Crippen molar-refractivity contribution in [1.29, 1.82) is 0 Å². The van der Waals surface area contributed by atoms with Crippen LogP contribution in [0, 0.1) is 0 Å². The third-order valence-corrected chi connectivity index (χ3v) is 5.21. The van der Waals surface area contributed by atoms with Crippen molar-refractivity contribution in [3.63, 3.8) is 0 Å². The third-order valence-electron chi connectivity index (χ3n) is 5.21. The molecule has 0 unspecified atom stereocenters. The summed E-state index contributed by atoms with van der Waals surface area (Å²) in [5.41, 5.74) is 2.78. The van der Waals surface area contributed by atoms with E-state index in [-0.39, 0.29) is 24.8 Å². The molecule has 32 heavy (non-hydrogen) atoms. The Morgan fingerprint density at radius 2 is 1.88 bits per heavy atom. The lowest BCUT2D eigenvalue weighted by atomic mass is 10.0. The summed E-state index contributed by atoms with van der Waals surface area (Å²) in [5, 5.41) is 10.4. The van der Waals surface area contributed by atoms with Crippen molar-refractivity contribution >= 4 is 23.3 Å². The molecule has 1 aromatic heterocycles. The van der Waals surface area contributed by atoms with Gasteiger partial charge in [-0.2, -0.15) is 5.10 Å². The summed E-state index contributed by atoms with van der Waals surface area (Å²) in [6.45, 7) is 0.240. The molecule has 2 heterocycles. The molecule has 2 amide bonds. The van der Waals surface area contributed by atoms with E-state index >= 15 is 0 Å². The molecule has 0 saturated carbocycles. The first-order chi connectivity index (χ1) is 15.5. The highest BCUT2D eigenvalue weighted by Gasteiger charge is 2.35. The summed E-state index contributed by atoms with van der Waals surface area (Å²) >= 11 is 0. The van der Waals surface area contributed by atoms with Crippen molar-refractivity contribution in [2.45, 2.75) is 19.1 Å². The first-order valence-electron chi connectivity index (χ1n) is 10.0. The van der Waals surface area contributed by atoms with Gasteiger partial charge in [0.1, 0.15) is 11.9 Å². The van der Waals surface area contributed by atoms with E-state index in [0.717, 1.165) is 11.1 Å². The minimum absolute atomic E-state index is 0.0333. The maximum absolute atomic E-state index is 13.2. The smallest absolute Gasteiger partial charge is 0.249 e. The Labute approximate surface area is 185 Å². The molecule has 9 nitrogen and oxygen atoms in total.